The maximum Gasteiger partial charge on any atom is 0.368 e. The number of fused-ring (bicyclic) bond motifs is 1. The summed E-state index contributed by atoms with van der Waals surface area (Å²) in [7, 11) is 4.64. The summed E-state index contributed by atoms with van der Waals surface area (Å²) in [5.74, 6) is 1.50. The van der Waals surface area contributed by atoms with Crippen molar-refractivity contribution in [1.82, 2.24) is 9.55 Å². The Balaban J connectivity index is 1.89. The summed E-state index contributed by atoms with van der Waals surface area (Å²) < 4.78 is 19.4. The summed E-state index contributed by atoms with van der Waals surface area (Å²) in [4.78, 5) is 17.9. The SMILES string of the molecule is COc1cc(Cn2c(=O)c([I+]c3ccccc3)c(O)c3cccnc32)cc(OC)c1OC. The first-order chi connectivity index (χ1) is 15.6. The molecule has 0 aliphatic rings. The normalized spacial score (nSPS) is 10.8. The Morgan fingerprint density at radius 2 is 1.66 bits per heavy atom. The molecule has 0 radical (unpaired) electrons. The van der Waals surface area contributed by atoms with E-state index in [-0.39, 0.29) is 17.9 Å². The number of hydrogen-bond acceptors (Lipinski definition) is 6. The quantitative estimate of drug-likeness (QED) is 0.337. The maximum absolute atomic E-state index is 13.5. The Bertz CT molecular complexity index is 1300. The van der Waals surface area contributed by atoms with Crippen molar-refractivity contribution in [3.63, 3.8) is 0 Å². The molecule has 1 N–H and O–H groups in total. The van der Waals surface area contributed by atoms with Gasteiger partial charge in [0.1, 0.15) is 5.65 Å². The van der Waals surface area contributed by atoms with E-state index in [1.54, 1.807) is 56.4 Å². The summed E-state index contributed by atoms with van der Waals surface area (Å²) in [5, 5.41) is 11.5. The third-order valence-corrected chi connectivity index (χ3v) is 7.79. The minimum Gasteiger partial charge on any atom is -0.503 e. The van der Waals surface area contributed by atoms with E-state index in [0.29, 0.717) is 31.9 Å². The average molecular weight is 545 g/mol. The minimum atomic E-state index is -0.890. The zero-order valence-electron chi connectivity index (χ0n) is 17.8. The number of halogens is 1. The molecule has 32 heavy (non-hydrogen) atoms. The van der Waals surface area contributed by atoms with Crippen LogP contribution in [-0.2, 0) is 6.54 Å². The number of benzene rings is 2. The van der Waals surface area contributed by atoms with Crippen molar-refractivity contribution in [1.29, 1.82) is 0 Å². The lowest BCUT2D eigenvalue weighted by Crippen LogP contribution is -3.62. The van der Waals surface area contributed by atoms with Crippen molar-refractivity contribution in [2.24, 2.45) is 0 Å². The van der Waals surface area contributed by atoms with Crippen LogP contribution < -0.4 is 41.0 Å². The maximum atomic E-state index is 13.5. The molecule has 0 saturated heterocycles. The van der Waals surface area contributed by atoms with Gasteiger partial charge in [0.25, 0.3) is 0 Å². The van der Waals surface area contributed by atoms with Gasteiger partial charge in [0.05, 0.1) is 33.3 Å². The monoisotopic (exact) mass is 545 g/mol. The summed E-state index contributed by atoms with van der Waals surface area (Å²) in [6, 6.07) is 16.9. The van der Waals surface area contributed by atoms with E-state index < -0.39 is 21.2 Å². The first-order valence-electron chi connectivity index (χ1n) is 9.76. The van der Waals surface area contributed by atoms with E-state index in [9.17, 15) is 9.90 Å². The number of aromatic hydroxyl groups is 1. The highest BCUT2D eigenvalue weighted by molar-refractivity contribution is 5.81. The molecule has 0 aliphatic carbocycles. The van der Waals surface area contributed by atoms with Gasteiger partial charge in [-0.3, -0.25) is 9.36 Å². The topological polar surface area (TPSA) is 82.8 Å². The zero-order chi connectivity index (χ0) is 22.7. The van der Waals surface area contributed by atoms with Crippen LogP contribution >= 0.6 is 0 Å². The molecule has 0 saturated carbocycles. The Kier molecular flexibility index (Phi) is 6.50. The van der Waals surface area contributed by atoms with E-state index in [1.807, 2.05) is 30.3 Å². The standard InChI is InChI=1S/C24H21IN2O5/c1-30-18-12-15(13-19(31-2)22(18)32-3)14-27-23-17(10-7-11-26-23)21(28)20(24(27)29)25-16-8-5-4-6-9-16/h4-13H,14H2,1-3H3/p+1. The van der Waals surface area contributed by atoms with Gasteiger partial charge in [-0.15, -0.1) is 0 Å². The van der Waals surface area contributed by atoms with Crippen molar-refractivity contribution in [3.8, 4) is 23.0 Å². The molecule has 2 aromatic heterocycles. The van der Waals surface area contributed by atoms with Crippen LogP contribution in [0.2, 0.25) is 0 Å². The second kappa shape index (κ2) is 9.47. The van der Waals surface area contributed by atoms with Crippen LogP contribution in [-0.4, -0.2) is 36.0 Å². The van der Waals surface area contributed by atoms with E-state index >= 15 is 0 Å². The van der Waals surface area contributed by atoms with E-state index in [1.165, 1.54) is 0 Å². The largest absolute Gasteiger partial charge is 0.503 e. The number of hydrogen-bond donors (Lipinski definition) is 1. The molecule has 7 nitrogen and oxygen atoms in total. The molecule has 164 valence electrons. The molecular formula is C24H22IN2O5+. The highest BCUT2D eigenvalue weighted by Crippen LogP contribution is 2.38. The first-order valence-corrected chi connectivity index (χ1v) is 11.9. The number of nitrogens with zero attached hydrogens (tertiary/aromatic N) is 2. The number of ether oxygens (including phenoxy) is 3. The van der Waals surface area contributed by atoms with Crippen LogP contribution in [0.1, 0.15) is 5.56 Å². The van der Waals surface area contributed by atoms with Crippen LogP contribution in [0.3, 0.4) is 0 Å². The fourth-order valence-electron chi connectivity index (χ4n) is 3.46. The second-order valence-corrected chi connectivity index (χ2v) is 9.72. The summed E-state index contributed by atoms with van der Waals surface area (Å²) in [5.41, 5.74) is 0.951. The lowest BCUT2D eigenvalue weighted by molar-refractivity contribution is -0.600. The number of rotatable bonds is 7. The molecule has 4 aromatic rings. The van der Waals surface area contributed by atoms with Crippen molar-refractivity contribution in [2.75, 3.05) is 21.3 Å². The van der Waals surface area contributed by atoms with Crippen molar-refractivity contribution >= 4 is 11.0 Å². The molecule has 0 spiro atoms. The van der Waals surface area contributed by atoms with Gasteiger partial charge < -0.3 is 19.3 Å². The Hall–Kier alpha value is -3.27. The molecule has 0 fully saturated rings. The number of pyridine rings is 2. The predicted octanol–water partition coefficient (Wildman–Crippen LogP) is 0.305. The summed E-state index contributed by atoms with van der Waals surface area (Å²) in [6.07, 6.45) is 1.61. The molecular weight excluding hydrogens is 523 g/mol. The van der Waals surface area contributed by atoms with E-state index in [0.717, 1.165) is 9.13 Å². The molecule has 8 heteroatoms. The Labute approximate surface area is 195 Å². The smallest absolute Gasteiger partial charge is 0.368 e. The van der Waals surface area contributed by atoms with Gasteiger partial charge in [-0.25, -0.2) is 4.98 Å². The Morgan fingerprint density at radius 3 is 2.28 bits per heavy atom. The van der Waals surface area contributed by atoms with Crippen LogP contribution in [0, 0.1) is 7.14 Å². The molecule has 2 heterocycles. The van der Waals surface area contributed by atoms with Gasteiger partial charge >= 0.3 is 30.3 Å². The predicted molar refractivity (Wildman–Crippen MR) is 117 cm³/mol. The second-order valence-electron chi connectivity index (χ2n) is 6.85. The fourth-order valence-corrected chi connectivity index (χ4v) is 5.92. The highest BCUT2D eigenvalue weighted by atomic mass is 127. The number of aromatic nitrogens is 2. The third kappa shape index (κ3) is 4.10. The van der Waals surface area contributed by atoms with Crippen LogP contribution in [0.15, 0.2) is 65.6 Å². The summed E-state index contributed by atoms with van der Waals surface area (Å²) in [6.45, 7) is 0.231. The molecule has 0 aliphatic heterocycles. The molecule has 0 unspecified atom stereocenters. The average Bonchev–Trinajstić information content (AvgIpc) is 2.84. The van der Waals surface area contributed by atoms with Gasteiger partial charge in [-0.1, -0.05) is 18.2 Å². The van der Waals surface area contributed by atoms with E-state index in [4.69, 9.17) is 14.2 Å². The van der Waals surface area contributed by atoms with Gasteiger partial charge in [0, 0.05) is 6.20 Å². The summed E-state index contributed by atoms with van der Waals surface area (Å²) >= 11 is -0.890. The minimum absolute atomic E-state index is 0.0101. The van der Waals surface area contributed by atoms with Crippen LogP contribution in [0.4, 0.5) is 0 Å². The van der Waals surface area contributed by atoms with Gasteiger partial charge in [0.15, 0.2) is 20.8 Å². The van der Waals surface area contributed by atoms with Gasteiger partial charge in [0.2, 0.25) is 5.75 Å². The van der Waals surface area contributed by atoms with Crippen molar-refractivity contribution in [3.05, 3.63) is 83.9 Å². The Morgan fingerprint density at radius 1 is 0.969 bits per heavy atom. The zero-order valence-corrected chi connectivity index (χ0v) is 20.0. The number of methoxy groups -OCH3 is 3. The highest BCUT2D eigenvalue weighted by Gasteiger charge is 2.29. The molecule has 2 aromatic carbocycles. The van der Waals surface area contributed by atoms with Crippen LogP contribution in [0.5, 0.6) is 23.0 Å². The molecule has 0 bridgehead atoms. The first kappa shape index (κ1) is 21.9. The van der Waals surface area contributed by atoms with Crippen molar-refractivity contribution < 1.29 is 40.5 Å². The molecule has 0 atom stereocenters. The molecule has 0 amide bonds. The van der Waals surface area contributed by atoms with Gasteiger partial charge in [-0.2, -0.15) is 0 Å². The van der Waals surface area contributed by atoms with Crippen molar-refractivity contribution in [2.45, 2.75) is 6.54 Å². The lowest BCUT2D eigenvalue weighted by atomic mass is 10.1. The van der Waals surface area contributed by atoms with Gasteiger partial charge in [-0.05, 0) is 42.0 Å². The fraction of sp³-hybridized carbons (Fsp3) is 0.167. The molecule has 4 rings (SSSR count). The third-order valence-electron chi connectivity index (χ3n) is 4.94. The van der Waals surface area contributed by atoms with E-state index in [2.05, 4.69) is 4.98 Å². The van der Waals surface area contributed by atoms with Crippen LogP contribution in [0.25, 0.3) is 11.0 Å². The lowest BCUT2D eigenvalue weighted by Gasteiger charge is -2.15.